The first-order valence-electron chi connectivity index (χ1n) is 11.4. The predicted molar refractivity (Wildman–Crippen MR) is 126 cm³/mol. The van der Waals surface area contributed by atoms with E-state index in [1.807, 2.05) is 31.2 Å². The largest absolute Gasteiger partial charge is 0.441 e. The standard InChI is InChI=1S/C24H35N3O4S/c1-17-9-5-6-12-21(17)24-26-22(20(4)31-24)15-32(29,30)16-23(28)25-13-8-14-27-18(2)10-7-11-19(27)3/h5-6,9,12,18-19H,7-8,10-11,13-16H2,1-4H3,(H,25,28)/t18-,19-/m0/s1. The Hall–Kier alpha value is -2.19. The maximum Gasteiger partial charge on any atom is 0.235 e. The molecule has 1 aromatic carbocycles. The van der Waals surface area contributed by atoms with Gasteiger partial charge >= 0.3 is 0 Å². The lowest BCUT2D eigenvalue weighted by molar-refractivity contribution is -0.118. The van der Waals surface area contributed by atoms with E-state index in [-0.39, 0.29) is 5.75 Å². The van der Waals surface area contributed by atoms with Crippen LogP contribution in [0.4, 0.5) is 0 Å². The zero-order valence-electron chi connectivity index (χ0n) is 19.6. The van der Waals surface area contributed by atoms with Gasteiger partial charge < -0.3 is 9.73 Å². The van der Waals surface area contributed by atoms with Crippen LogP contribution >= 0.6 is 0 Å². The predicted octanol–water partition coefficient (Wildman–Crippen LogP) is 3.64. The molecule has 1 saturated heterocycles. The Morgan fingerprint density at radius 3 is 2.56 bits per heavy atom. The number of carbonyl (C=O) groups is 1. The molecule has 0 radical (unpaired) electrons. The highest BCUT2D eigenvalue weighted by atomic mass is 32.2. The van der Waals surface area contributed by atoms with Gasteiger partial charge in [-0.15, -0.1) is 0 Å². The molecule has 2 atom stereocenters. The molecule has 1 fully saturated rings. The smallest absolute Gasteiger partial charge is 0.235 e. The molecule has 7 nitrogen and oxygen atoms in total. The molecule has 0 unspecified atom stereocenters. The summed E-state index contributed by atoms with van der Waals surface area (Å²) in [6, 6.07) is 8.76. The van der Waals surface area contributed by atoms with Crippen molar-refractivity contribution in [2.45, 2.75) is 71.2 Å². The van der Waals surface area contributed by atoms with Gasteiger partial charge in [-0.25, -0.2) is 13.4 Å². The third kappa shape index (κ3) is 6.42. The van der Waals surface area contributed by atoms with E-state index >= 15 is 0 Å². The van der Waals surface area contributed by atoms with Crippen LogP contribution in [0.15, 0.2) is 28.7 Å². The van der Waals surface area contributed by atoms with Crippen LogP contribution in [0.2, 0.25) is 0 Å². The first-order valence-corrected chi connectivity index (χ1v) is 13.2. The minimum Gasteiger partial charge on any atom is -0.441 e. The Morgan fingerprint density at radius 2 is 1.88 bits per heavy atom. The van der Waals surface area contributed by atoms with Crippen LogP contribution in [0.3, 0.4) is 0 Å². The quantitative estimate of drug-likeness (QED) is 0.573. The maximum atomic E-state index is 12.6. The fraction of sp³-hybridized carbons (Fsp3) is 0.583. The average Bonchev–Trinajstić information content (AvgIpc) is 3.06. The van der Waals surface area contributed by atoms with Crippen LogP contribution < -0.4 is 5.32 Å². The highest BCUT2D eigenvalue weighted by Crippen LogP contribution is 2.26. The van der Waals surface area contributed by atoms with Crippen molar-refractivity contribution in [1.29, 1.82) is 0 Å². The third-order valence-corrected chi connectivity index (χ3v) is 7.68. The van der Waals surface area contributed by atoms with E-state index in [2.05, 4.69) is 29.0 Å². The molecule has 1 N–H and O–H groups in total. The van der Waals surface area contributed by atoms with Crippen molar-refractivity contribution in [2.24, 2.45) is 0 Å². The van der Waals surface area contributed by atoms with E-state index < -0.39 is 21.5 Å². The van der Waals surface area contributed by atoms with Crippen LogP contribution in [0.5, 0.6) is 0 Å². The van der Waals surface area contributed by atoms with E-state index in [1.165, 1.54) is 19.3 Å². The SMILES string of the molecule is Cc1ccccc1-c1nc(CS(=O)(=O)CC(=O)NCCCN2[C@@H](C)CCC[C@@H]2C)c(C)o1. The number of sulfone groups is 1. The number of hydrogen-bond donors (Lipinski definition) is 1. The highest BCUT2D eigenvalue weighted by molar-refractivity contribution is 7.91. The van der Waals surface area contributed by atoms with Crippen molar-refractivity contribution in [3.63, 3.8) is 0 Å². The molecule has 0 aliphatic carbocycles. The van der Waals surface area contributed by atoms with Gasteiger partial charge in [0.15, 0.2) is 9.84 Å². The lowest BCUT2D eigenvalue weighted by Gasteiger charge is -2.39. The van der Waals surface area contributed by atoms with Crippen LogP contribution in [0.1, 0.15) is 56.5 Å². The minimum atomic E-state index is -3.66. The summed E-state index contributed by atoms with van der Waals surface area (Å²) in [5, 5.41) is 2.76. The van der Waals surface area contributed by atoms with Crippen molar-refractivity contribution in [2.75, 3.05) is 18.8 Å². The Balaban J connectivity index is 1.50. The number of oxazole rings is 1. The number of aromatic nitrogens is 1. The molecule has 2 aromatic rings. The minimum absolute atomic E-state index is 0.315. The molecule has 0 saturated carbocycles. The summed E-state index contributed by atoms with van der Waals surface area (Å²) < 4.78 is 30.9. The van der Waals surface area contributed by atoms with Gasteiger partial charge in [-0.05, 0) is 58.6 Å². The topological polar surface area (TPSA) is 92.5 Å². The second-order valence-corrected chi connectivity index (χ2v) is 11.0. The van der Waals surface area contributed by atoms with Crippen molar-refractivity contribution in [3.05, 3.63) is 41.3 Å². The summed E-state index contributed by atoms with van der Waals surface area (Å²) >= 11 is 0. The Morgan fingerprint density at radius 1 is 1.19 bits per heavy atom. The van der Waals surface area contributed by atoms with Crippen molar-refractivity contribution >= 4 is 15.7 Å². The van der Waals surface area contributed by atoms with E-state index in [1.54, 1.807) is 6.92 Å². The molecule has 1 aliphatic rings. The number of nitrogens with one attached hydrogen (secondary N) is 1. The summed E-state index contributed by atoms with van der Waals surface area (Å²) in [5.41, 5.74) is 2.18. The van der Waals surface area contributed by atoms with E-state index in [4.69, 9.17) is 4.42 Å². The van der Waals surface area contributed by atoms with Gasteiger partial charge in [0.2, 0.25) is 11.8 Å². The van der Waals surface area contributed by atoms with E-state index in [0.717, 1.165) is 24.1 Å². The van der Waals surface area contributed by atoms with Crippen LogP contribution in [-0.2, 0) is 20.4 Å². The number of carbonyl (C=O) groups excluding carboxylic acids is 1. The summed E-state index contributed by atoms with van der Waals surface area (Å²) in [5.74, 6) is -0.474. The third-order valence-electron chi connectivity index (χ3n) is 6.27. The van der Waals surface area contributed by atoms with Crippen LogP contribution in [0.25, 0.3) is 11.5 Å². The molecular formula is C24H35N3O4S. The van der Waals surface area contributed by atoms with Gasteiger partial charge in [-0.2, -0.15) is 0 Å². The number of nitrogens with zero attached hydrogens (tertiary/aromatic N) is 2. The summed E-state index contributed by atoms with van der Waals surface area (Å²) in [4.78, 5) is 19.1. The summed E-state index contributed by atoms with van der Waals surface area (Å²) in [6.45, 7) is 9.53. The molecule has 3 rings (SSSR count). The number of amides is 1. The van der Waals surface area contributed by atoms with Crippen molar-refractivity contribution < 1.29 is 17.6 Å². The van der Waals surface area contributed by atoms with E-state index in [0.29, 0.717) is 36.0 Å². The van der Waals surface area contributed by atoms with Gasteiger partial charge in [-0.3, -0.25) is 9.69 Å². The maximum absolute atomic E-state index is 12.6. The number of likely N-dealkylation sites (tertiary alicyclic amines) is 1. The summed E-state index contributed by atoms with van der Waals surface area (Å²) in [7, 11) is -3.66. The van der Waals surface area contributed by atoms with Crippen LogP contribution in [0, 0.1) is 13.8 Å². The Bertz CT molecular complexity index is 1020. The fourth-order valence-electron chi connectivity index (χ4n) is 4.41. The van der Waals surface area contributed by atoms with E-state index in [9.17, 15) is 13.2 Å². The molecule has 176 valence electrons. The average molecular weight is 462 g/mol. The van der Waals surface area contributed by atoms with Crippen molar-refractivity contribution in [1.82, 2.24) is 15.2 Å². The normalized spacial score (nSPS) is 19.8. The number of piperidine rings is 1. The van der Waals surface area contributed by atoms with Gasteiger partial charge in [0.1, 0.15) is 11.5 Å². The fourth-order valence-corrected chi connectivity index (χ4v) is 5.69. The zero-order valence-corrected chi connectivity index (χ0v) is 20.4. The first-order chi connectivity index (χ1) is 15.2. The molecule has 0 spiro atoms. The summed E-state index contributed by atoms with van der Waals surface area (Å²) in [6.07, 6.45) is 4.50. The number of aryl methyl sites for hydroxylation is 2. The lowest BCUT2D eigenvalue weighted by Crippen LogP contribution is -2.45. The number of rotatable bonds is 9. The first kappa shape index (κ1) is 24.5. The molecule has 1 amide bonds. The van der Waals surface area contributed by atoms with Gasteiger partial charge in [0.25, 0.3) is 0 Å². The Labute approximate surface area is 191 Å². The molecule has 2 heterocycles. The number of benzene rings is 1. The molecule has 0 bridgehead atoms. The second kappa shape index (κ2) is 10.6. The zero-order chi connectivity index (χ0) is 23.3. The molecule has 1 aromatic heterocycles. The molecule has 8 heteroatoms. The second-order valence-electron chi connectivity index (χ2n) is 8.94. The highest BCUT2D eigenvalue weighted by Gasteiger charge is 2.25. The lowest BCUT2D eigenvalue weighted by atomic mass is 9.97. The van der Waals surface area contributed by atoms with Gasteiger partial charge in [-0.1, -0.05) is 24.6 Å². The molecule has 32 heavy (non-hydrogen) atoms. The molecular weight excluding hydrogens is 426 g/mol. The molecule has 1 aliphatic heterocycles. The van der Waals surface area contributed by atoms with Crippen LogP contribution in [-0.4, -0.2) is 55.1 Å². The Kier molecular flexibility index (Phi) is 8.11. The van der Waals surface area contributed by atoms with Gasteiger partial charge in [0.05, 0.1) is 11.4 Å². The monoisotopic (exact) mass is 461 g/mol. The van der Waals surface area contributed by atoms with Crippen molar-refractivity contribution in [3.8, 4) is 11.5 Å². The van der Waals surface area contributed by atoms with Gasteiger partial charge in [0, 0.05) is 30.7 Å². The number of hydrogen-bond acceptors (Lipinski definition) is 6.